The van der Waals surface area contributed by atoms with E-state index in [1.54, 1.807) is 72.8 Å². The first kappa shape index (κ1) is 29.7. The molecule has 1 fully saturated rings. The summed E-state index contributed by atoms with van der Waals surface area (Å²) in [6.07, 6.45) is -3.40. The molecule has 0 amide bonds. The number of hydrogen-bond acceptors (Lipinski definition) is 10. The van der Waals surface area contributed by atoms with E-state index >= 15 is 0 Å². The van der Waals surface area contributed by atoms with Gasteiger partial charge in [-0.05, 0) is 43.7 Å². The second-order valence-corrected chi connectivity index (χ2v) is 10.8. The van der Waals surface area contributed by atoms with Gasteiger partial charge in [-0.25, -0.2) is 14.4 Å². The number of benzene rings is 3. The summed E-state index contributed by atoms with van der Waals surface area (Å²) in [5, 5.41) is -0.727. The van der Waals surface area contributed by atoms with Gasteiger partial charge in [0.05, 0.1) is 16.4 Å². The largest absolute Gasteiger partial charge is 0.509 e. The van der Waals surface area contributed by atoms with Crippen molar-refractivity contribution < 1.29 is 42.9 Å². The molecule has 0 aliphatic carbocycles. The first-order chi connectivity index (χ1) is 19.7. The lowest BCUT2D eigenvalue weighted by Gasteiger charge is -2.25. The van der Waals surface area contributed by atoms with Crippen molar-refractivity contribution in [2.75, 3.05) is 6.61 Å². The van der Waals surface area contributed by atoms with Crippen molar-refractivity contribution in [1.29, 1.82) is 0 Å². The number of esters is 3. The molecule has 0 radical (unpaired) electrons. The monoisotopic (exact) mass is 578 g/mol. The maximum atomic E-state index is 13.1. The van der Waals surface area contributed by atoms with Crippen molar-refractivity contribution in [2.24, 2.45) is 0 Å². The number of hydrogen-bond donors (Lipinski definition) is 0. The Morgan fingerprint density at radius 1 is 0.683 bits per heavy atom. The van der Waals surface area contributed by atoms with Crippen LogP contribution < -0.4 is 0 Å². The van der Waals surface area contributed by atoms with Crippen LogP contribution in [-0.2, 0) is 35.1 Å². The first-order valence-corrected chi connectivity index (χ1v) is 13.9. The third-order valence-corrected chi connectivity index (χ3v) is 7.56. The fourth-order valence-corrected chi connectivity index (χ4v) is 5.44. The van der Waals surface area contributed by atoms with Gasteiger partial charge in [-0.15, -0.1) is 11.8 Å². The van der Waals surface area contributed by atoms with E-state index in [1.165, 1.54) is 6.92 Å². The quantitative estimate of drug-likeness (QED) is 0.241. The fraction of sp³-hybridized carbons (Fsp3) is 0.290. The summed E-state index contributed by atoms with van der Waals surface area (Å²) in [7, 11) is 0. The molecule has 1 unspecified atom stereocenters. The number of thioether (sulfide) groups is 1. The summed E-state index contributed by atoms with van der Waals surface area (Å²) in [6, 6.07) is 22.6. The van der Waals surface area contributed by atoms with Gasteiger partial charge < -0.3 is 23.7 Å². The number of ether oxygens (including phenoxy) is 5. The third kappa shape index (κ3) is 8.34. The Balaban J connectivity index is 1.53. The summed E-state index contributed by atoms with van der Waals surface area (Å²) >= 11 is 1.06. The van der Waals surface area contributed by atoms with E-state index in [4.69, 9.17) is 23.7 Å². The van der Waals surface area contributed by atoms with Gasteiger partial charge in [0, 0.05) is 6.92 Å². The van der Waals surface area contributed by atoms with Crippen molar-refractivity contribution in [3.63, 3.8) is 0 Å². The van der Waals surface area contributed by atoms with Crippen LogP contribution in [0.25, 0.3) is 0 Å². The van der Waals surface area contributed by atoms with E-state index in [-0.39, 0.29) is 18.8 Å². The lowest BCUT2D eigenvalue weighted by atomic mass is 10.1. The molecule has 1 aliphatic rings. The fourth-order valence-electron chi connectivity index (χ4n) is 4.03. The average molecular weight is 579 g/mol. The summed E-state index contributed by atoms with van der Waals surface area (Å²) in [4.78, 5) is 50.4. The number of rotatable bonds is 9. The van der Waals surface area contributed by atoms with E-state index in [2.05, 4.69) is 0 Å². The molecule has 3 aromatic carbocycles. The van der Waals surface area contributed by atoms with Gasteiger partial charge in [-0.2, -0.15) is 0 Å². The maximum absolute atomic E-state index is 13.1. The van der Waals surface area contributed by atoms with E-state index in [9.17, 15) is 19.2 Å². The molecule has 0 aromatic heterocycles. The SMILES string of the molecule is CC(=O)OC1S[C@H](COC(=O)c2ccc(C)cc2)[C@@H](OC(=O)c2ccc(C)cc2)[C@H]1OC(=O)OCc1ccccc1. The van der Waals surface area contributed by atoms with Crippen LogP contribution in [0, 0.1) is 13.8 Å². The van der Waals surface area contributed by atoms with Crippen LogP contribution >= 0.6 is 11.8 Å². The van der Waals surface area contributed by atoms with E-state index in [0.717, 1.165) is 28.5 Å². The lowest BCUT2D eigenvalue weighted by molar-refractivity contribution is -0.149. The molecule has 9 nitrogen and oxygen atoms in total. The minimum Gasteiger partial charge on any atom is -0.461 e. The summed E-state index contributed by atoms with van der Waals surface area (Å²) < 4.78 is 27.6. The highest BCUT2D eigenvalue weighted by atomic mass is 32.2. The molecule has 0 spiro atoms. The van der Waals surface area contributed by atoms with Gasteiger partial charge >= 0.3 is 24.1 Å². The van der Waals surface area contributed by atoms with Crippen LogP contribution in [0.5, 0.6) is 0 Å². The average Bonchev–Trinajstić information content (AvgIpc) is 3.26. The molecule has 3 aromatic rings. The van der Waals surface area contributed by atoms with Crippen molar-refractivity contribution in [1.82, 2.24) is 0 Å². The zero-order chi connectivity index (χ0) is 29.4. The van der Waals surface area contributed by atoms with Gasteiger partial charge in [0.1, 0.15) is 13.2 Å². The molecule has 0 saturated carbocycles. The second-order valence-electron chi connectivity index (χ2n) is 9.46. The number of aryl methyl sites for hydroxylation is 2. The molecular formula is C31H30O9S. The molecule has 41 heavy (non-hydrogen) atoms. The Kier molecular flexibility index (Phi) is 10.0. The Hall–Kier alpha value is -4.31. The molecule has 4 atom stereocenters. The minimum atomic E-state index is -1.23. The third-order valence-electron chi connectivity index (χ3n) is 6.18. The first-order valence-electron chi connectivity index (χ1n) is 12.9. The molecule has 10 heteroatoms. The summed E-state index contributed by atoms with van der Waals surface area (Å²) in [6.45, 7) is 4.74. The second kappa shape index (κ2) is 13.8. The lowest BCUT2D eigenvalue weighted by Crippen LogP contribution is -2.42. The molecule has 1 aliphatic heterocycles. The summed E-state index contributed by atoms with van der Waals surface area (Å²) in [5.41, 5.74) is 2.26. The van der Waals surface area contributed by atoms with E-state index < -0.39 is 47.0 Å². The zero-order valence-electron chi connectivity index (χ0n) is 22.8. The van der Waals surface area contributed by atoms with Gasteiger partial charge in [0.15, 0.2) is 17.6 Å². The predicted molar refractivity (Wildman–Crippen MR) is 150 cm³/mol. The van der Waals surface area contributed by atoms with Gasteiger partial charge in [-0.3, -0.25) is 4.79 Å². The number of carbonyl (C=O) groups is 4. The highest BCUT2D eigenvalue weighted by molar-refractivity contribution is 8.00. The van der Waals surface area contributed by atoms with Crippen LogP contribution in [0.4, 0.5) is 4.79 Å². The van der Waals surface area contributed by atoms with Crippen molar-refractivity contribution in [3.05, 3.63) is 107 Å². The minimum absolute atomic E-state index is 0.0524. The van der Waals surface area contributed by atoms with E-state index in [0.29, 0.717) is 5.56 Å². The molecule has 4 rings (SSSR count). The van der Waals surface area contributed by atoms with Crippen LogP contribution in [0.3, 0.4) is 0 Å². The van der Waals surface area contributed by atoms with Crippen LogP contribution in [0.2, 0.25) is 0 Å². The van der Waals surface area contributed by atoms with Crippen molar-refractivity contribution in [3.8, 4) is 0 Å². The number of carbonyl (C=O) groups excluding carboxylic acids is 4. The Bertz CT molecular complexity index is 1360. The maximum Gasteiger partial charge on any atom is 0.509 e. The zero-order valence-corrected chi connectivity index (χ0v) is 23.6. The van der Waals surface area contributed by atoms with Gasteiger partial charge in [0.2, 0.25) is 0 Å². The van der Waals surface area contributed by atoms with Crippen molar-refractivity contribution in [2.45, 2.75) is 50.3 Å². The van der Waals surface area contributed by atoms with E-state index in [1.807, 2.05) is 19.9 Å². The molecule has 0 bridgehead atoms. The normalized spacial score (nSPS) is 19.6. The molecule has 1 heterocycles. The molecule has 214 valence electrons. The smallest absolute Gasteiger partial charge is 0.461 e. The van der Waals surface area contributed by atoms with Crippen LogP contribution in [0.1, 0.15) is 44.3 Å². The van der Waals surface area contributed by atoms with Gasteiger partial charge in [0.25, 0.3) is 0 Å². The highest BCUT2D eigenvalue weighted by Gasteiger charge is 2.52. The predicted octanol–water partition coefficient (Wildman–Crippen LogP) is 5.41. The topological polar surface area (TPSA) is 114 Å². The molecule has 0 N–H and O–H groups in total. The standard InChI is InChI=1S/C31H30O9S/c1-19-9-13-23(14-10-19)28(33)36-18-25-26(39-29(34)24-15-11-20(2)12-16-24)27(30(41-25)38-21(3)32)40-31(35)37-17-22-7-5-4-6-8-22/h4-16,25-27,30H,17-18H2,1-3H3/t25-,26-,27-,30?/m1/s1. The Morgan fingerprint density at radius 3 is 1.85 bits per heavy atom. The molecule has 1 saturated heterocycles. The van der Waals surface area contributed by atoms with Crippen LogP contribution in [-0.4, -0.2) is 53.6 Å². The van der Waals surface area contributed by atoms with Gasteiger partial charge in [-0.1, -0.05) is 65.7 Å². The highest BCUT2D eigenvalue weighted by Crippen LogP contribution is 2.40. The molecular weight excluding hydrogens is 548 g/mol. The Morgan fingerprint density at radius 2 is 1.27 bits per heavy atom. The Labute approximate surface area is 242 Å². The van der Waals surface area contributed by atoms with Crippen molar-refractivity contribution >= 4 is 35.8 Å². The van der Waals surface area contributed by atoms with Crippen LogP contribution in [0.15, 0.2) is 78.9 Å². The summed E-state index contributed by atoms with van der Waals surface area (Å²) in [5.74, 6) is -1.89.